The predicted octanol–water partition coefficient (Wildman–Crippen LogP) is 1.80. The number of halogens is 1. The summed E-state index contributed by atoms with van der Waals surface area (Å²) in [6.07, 6.45) is 0.871. The fraction of sp³-hybridized carbons (Fsp3) is 0.500. The van der Waals surface area contributed by atoms with E-state index in [-0.39, 0.29) is 18.4 Å². The van der Waals surface area contributed by atoms with Gasteiger partial charge in [0.25, 0.3) is 0 Å². The van der Waals surface area contributed by atoms with Gasteiger partial charge < -0.3 is 10.6 Å². The van der Waals surface area contributed by atoms with Gasteiger partial charge in [-0.2, -0.15) is 0 Å². The van der Waals surface area contributed by atoms with E-state index in [9.17, 15) is 9.59 Å². The Bertz CT molecular complexity index is 491. The molecule has 2 amide bonds. The van der Waals surface area contributed by atoms with Crippen molar-refractivity contribution in [2.24, 2.45) is 0 Å². The van der Waals surface area contributed by atoms with Crippen molar-refractivity contribution in [3.8, 4) is 0 Å². The molecule has 2 N–H and O–H groups in total. The first kappa shape index (κ1) is 18.5. The van der Waals surface area contributed by atoms with Gasteiger partial charge in [-0.3, -0.25) is 14.5 Å². The molecule has 0 fully saturated rings. The fourth-order valence-electron chi connectivity index (χ4n) is 1.96. The monoisotopic (exact) mass is 325 g/mol. The lowest BCUT2D eigenvalue weighted by molar-refractivity contribution is -0.129. The summed E-state index contributed by atoms with van der Waals surface area (Å²) in [5, 5.41) is 6.15. The Morgan fingerprint density at radius 1 is 1.27 bits per heavy atom. The first-order valence-electron chi connectivity index (χ1n) is 7.42. The Kier molecular flexibility index (Phi) is 7.91. The smallest absolute Gasteiger partial charge is 0.242 e. The van der Waals surface area contributed by atoms with E-state index >= 15 is 0 Å². The molecule has 122 valence electrons. The van der Waals surface area contributed by atoms with Crippen LogP contribution in [0.15, 0.2) is 24.3 Å². The average Bonchev–Trinajstić information content (AvgIpc) is 2.46. The van der Waals surface area contributed by atoms with Crippen molar-refractivity contribution >= 4 is 23.4 Å². The molecule has 0 aromatic heterocycles. The van der Waals surface area contributed by atoms with E-state index in [0.29, 0.717) is 18.1 Å². The Morgan fingerprint density at radius 2 is 1.91 bits per heavy atom. The van der Waals surface area contributed by atoms with Crippen molar-refractivity contribution in [2.75, 3.05) is 20.1 Å². The molecule has 1 atom stereocenters. The number of benzene rings is 1. The van der Waals surface area contributed by atoms with Crippen molar-refractivity contribution in [3.63, 3.8) is 0 Å². The molecule has 0 aliphatic carbocycles. The highest BCUT2D eigenvalue weighted by atomic mass is 35.5. The summed E-state index contributed by atoms with van der Waals surface area (Å²) in [7, 11) is 1.86. The Morgan fingerprint density at radius 3 is 2.50 bits per heavy atom. The van der Waals surface area contributed by atoms with E-state index in [2.05, 4.69) is 10.6 Å². The van der Waals surface area contributed by atoms with Crippen LogP contribution in [0.25, 0.3) is 0 Å². The minimum atomic E-state index is -0.525. The number of rotatable bonds is 8. The van der Waals surface area contributed by atoms with Crippen LogP contribution in [0.2, 0.25) is 5.02 Å². The second kappa shape index (κ2) is 9.43. The molecule has 6 heteroatoms. The maximum absolute atomic E-state index is 11.9. The molecule has 1 aromatic rings. The summed E-state index contributed by atoms with van der Waals surface area (Å²) < 4.78 is 0. The lowest BCUT2D eigenvalue weighted by Gasteiger charge is -2.19. The van der Waals surface area contributed by atoms with Crippen molar-refractivity contribution in [3.05, 3.63) is 34.9 Å². The van der Waals surface area contributed by atoms with Gasteiger partial charge in [0.2, 0.25) is 11.8 Å². The molecule has 5 nitrogen and oxygen atoms in total. The maximum atomic E-state index is 11.9. The van der Waals surface area contributed by atoms with E-state index in [1.807, 2.05) is 43.1 Å². The third-order valence-corrected chi connectivity index (χ3v) is 3.35. The SMILES string of the molecule is CCCNC(=O)[C@@H](C)NC(=O)CN(C)Cc1ccc(Cl)cc1. The van der Waals surface area contributed by atoms with Gasteiger partial charge in [-0.1, -0.05) is 30.7 Å². The molecule has 0 radical (unpaired) electrons. The topological polar surface area (TPSA) is 61.4 Å². The normalized spacial score (nSPS) is 12.0. The molecule has 0 bridgehead atoms. The molecule has 0 aliphatic rings. The van der Waals surface area contributed by atoms with Crippen LogP contribution in [0.5, 0.6) is 0 Å². The molecule has 0 saturated carbocycles. The molecule has 0 aliphatic heterocycles. The zero-order valence-electron chi connectivity index (χ0n) is 13.4. The number of carbonyl (C=O) groups is 2. The van der Waals surface area contributed by atoms with Crippen LogP contribution in [-0.4, -0.2) is 42.9 Å². The van der Waals surface area contributed by atoms with Crippen LogP contribution in [0, 0.1) is 0 Å². The highest BCUT2D eigenvalue weighted by Crippen LogP contribution is 2.10. The number of likely N-dealkylation sites (N-methyl/N-ethyl adjacent to an activating group) is 1. The van der Waals surface area contributed by atoms with Crippen LogP contribution >= 0.6 is 11.6 Å². The molecule has 22 heavy (non-hydrogen) atoms. The molecule has 0 saturated heterocycles. The first-order valence-corrected chi connectivity index (χ1v) is 7.80. The number of nitrogens with one attached hydrogen (secondary N) is 2. The second-order valence-electron chi connectivity index (χ2n) is 5.38. The summed E-state index contributed by atoms with van der Waals surface area (Å²) in [4.78, 5) is 25.5. The third-order valence-electron chi connectivity index (χ3n) is 3.10. The first-order chi connectivity index (χ1) is 10.4. The van der Waals surface area contributed by atoms with Gasteiger partial charge in [0.1, 0.15) is 6.04 Å². The Balaban J connectivity index is 2.37. The predicted molar refractivity (Wildman–Crippen MR) is 88.7 cm³/mol. The standard InChI is InChI=1S/C16H24ClN3O2/c1-4-9-18-16(22)12(2)19-15(21)11-20(3)10-13-5-7-14(17)8-6-13/h5-8,12H,4,9-11H2,1-3H3,(H,18,22)(H,19,21)/t12-/m1/s1. The molecule has 0 unspecified atom stereocenters. The van der Waals surface area contributed by atoms with Crippen LogP contribution < -0.4 is 10.6 Å². The summed E-state index contributed by atoms with van der Waals surface area (Å²) >= 11 is 5.84. The zero-order valence-corrected chi connectivity index (χ0v) is 14.1. The van der Waals surface area contributed by atoms with Gasteiger partial charge in [0.05, 0.1) is 6.54 Å². The average molecular weight is 326 g/mol. The molecule has 0 spiro atoms. The van der Waals surface area contributed by atoms with Crippen molar-refractivity contribution < 1.29 is 9.59 Å². The molecular formula is C16H24ClN3O2. The quantitative estimate of drug-likeness (QED) is 0.766. The summed E-state index contributed by atoms with van der Waals surface area (Å²) in [6.45, 7) is 5.15. The summed E-state index contributed by atoms with van der Waals surface area (Å²) in [6, 6.07) is 6.98. The van der Waals surface area contributed by atoms with Gasteiger partial charge in [-0.05, 0) is 38.1 Å². The number of nitrogens with zero attached hydrogens (tertiary/aromatic N) is 1. The van der Waals surface area contributed by atoms with Crippen LogP contribution in [0.4, 0.5) is 0 Å². The van der Waals surface area contributed by atoms with Crippen LogP contribution in [0.3, 0.4) is 0 Å². The largest absolute Gasteiger partial charge is 0.354 e. The highest BCUT2D eigenvalue weighted by Gasteiger charge is 2.15. The second-order valence-corrected chi connectivity index (χ2v) is 5.82. The van der Waals surface area contributed by atoms with Gasteiger partial charge in [0, 0.05) is 18.1 Å². The van der Waals surface area contributed by atoms with E-state index in [1.54, 1.807) is 6.92 Å². The number of amides is 2. The van der Waals surface area contributed by atoms with Gasteiger partial charge >= 0.3 is 0 Å². The van der Waals surface area contributed by atoms with Crippen molar-refractivity contribution in [2.45, 2.75) is 32.9 Å². The molecular weight excluding hydrogens is 302 g/mol. The lowest BCUT2D eigenvalue weighted by Crippen LogP contribution is -2.47. The fourth-order valence-corrected chi connectivity index (χ4v) is 2.08. The van der Waals surface area contributed by atoms with E-state index in [4.69, 9.17) is 11.6 Å². The highest BCUT2D eigenvalue weighted by molar-refractivity contribution is 6.30. The van der Waals surface area contributed by atoms with Crippen LogP contribution in [-0.2, 0) is 16.1 Å². The zero-order chi connectivity index (χ0) is 16.5. The van der Waals surface area contributed by atoms with Gasteiger partial charge in [-0.15, -0.1) is 0 Å². The summed E-state index contributed by atoms with van der Waals surface area (Å²) in [5.41, 5.74) is 1.08. The molecule has 1 aromatic carbocycles. The van der Waals surface area contributed by atoms with E-state index in [0.717, 1.165) is 12.0 Å². The minimum Gasteiger partial charge on any atom is -0.354 e. The van der Waals surface area contributed by atoms with Gasteiger partial charge in [0.15, 0.2) is 0 Å². The van der Waals surface area contributed by atoms with E-state index < -0.39 is 6.04 Å². The number of carbonyl (C=O) groups excluding carboxylic acids is 2. The molecule has 1 rings (SSSR count). The number of hydrogen-bond donors (Lipinski definition) is 2. The molecule has 0 heterocycles. The lowest BCUT2D eigenvalue weighted by atomic mass is 10.2. The van der Waals surface area contributed by atoms with Crippen LogP contribution in [0.1, 0.15) is 25.8 Å². The summed E-state index contributed by atoms with van der Waals surface area (Å²) in [5.74, 6) is -0.328. The van der Waals surface area contributed by atoms with Crippen molar-refractivity contribution in [1.29, 1.82) is 0 Å². The third kappa shape index (κ3) is 6.91. The van der Waals surface area contributed by atoms with Gasteiger partial charge in [-0.25, -0.2) is 0 Å². The minimum absolute atomic E-state index is 0.157. The Hall–Kier alpha value is -1.59. The maximum Gasteiger partial charge on any atom is 0.242 e. The number of hydrogen-bond acceptors (Lipinski definition) is 3. The Labute approximate surface area is 137 Å². The van der Waals surface area contributed by atoms with E-state index in [1.165, 1.54) is 0 Å². The van der Waals surface area contributed by atoms with Crippen molar-refractivity contribution in [1.82, 2.24) is 15.5 Å².